The van der Waals surface area contributed by atoms with E-state index < -0.39 is 10.0 Å². The predicted octanol–water partition coefficient (Wildman–Crippen LogP) is 4.19. The van der Waals surface area contributed by atoms with Gasteiger partial charge in [0, 0.05) is 6.54 Å². The molecule has 0 spiro atoms. The Balaban J connectivity index is 1.65. The van der Waals surface area contributed by atoms with Gasteiger partial charge in [0.25, 0.3) is 10.0 Å². The van der Waals surface area contributed by atoms with Crippen molar-refractivity contribution in [2.45, 2.75) is 57.9 Å². The Kier molecular flexibility index (Phi) is 6.12. The summed E-state index contributed by atoms with van der Waals surface area (Å²) in [5, 5.41) is 0. The van der Waals surface area contributed by atoms with Gasteiger partial charge in [0.2, 0.25) is 11.8 Å². The Labute approximate surface area is 190 Å². The van der Waals surface area contributed by atoms with Crippen LogP contribution in [0.15, 0.2) is 47.4 Å². The summed E-state index contributed by atoms with van der Waals surface area (Å²) in [4.78, 5) is 27.2. The maximum atomic E-state index is 13.6. The van der Waals surface area contributed by atoms with Gasteiger partial charge < -0.3 is 0 Å². The lowest BCUT2D eigenvalue weighted by molar-refractivity contribution is -0.140. The summed E-state index contributed by atoms with van der Waals surface area (Å²) in [6.45, 7) is 5.91. The van der Waals surface area contributed by atoms with Gasteiger partial charge in [-0.1, -0.05) is 37.1 Å². The summed E-state index contributed by atoms with van der Waals surface area (Å²) < 4.78 is 28.6. The van der Waals surface area contributed by atoms with E-state index in [4.69, 9.17) is 0 Å². The van der Waals surface area contributed by atoms with E-state index in [1.165, 1.54) is 9.21 Å². The summed E-state index contributed by atoms with van der Waals surface area (Å²) in [7, 11) is -3.81. The van der Waals surface area contributed by atoms with Crippen LogP contribution in [0.4, 0.5) is 5.69 Å². The first-order valence-corrected chi connectivity index (χ1v) is 12.7. The van der Waals surface area contributed by atoms with Crippen molar-refractivity contribution in [3.05, 3.63) is 59.2 Å². The van der Waals surface area contributed by atoms with Crippen LogP contribution in [-0.4, -0.2) is 31.7 Å². The van der Waals surface area contributed by atoms with Gasteiger partial charge in [-0.2, -0.15) is 0 Å². The molecule has 1 aliphatic heterocycles. The third kappa shape index (κ3) is 3.94. The van der Waals surface area contributed by atoms with Gasteiger partial charge in [0.15, 0.2) is 0 Å². The molecule has 1 heterocycles. The van der Waals surface area contributed by atoms with E-state index in [2.05, 4.69) is 0 Å². The second-order valence-corrected chi connectivity index (χ2v) is 10.7. The Morgan fingerprint density at radius 1 is 0.969 bits per heavy atom. The molecule has 0 unspecified atom stereocenters. The van der Waals surface area contributed by atoms with Gasteiger partial charge in [-0.25, -0.2) is 8.42 Å². The topological polar surface area (TPSA) is 74.8 Å². The van der Waals surface area contributed by atoms with Crippen molar-refractivity contribution in [3.8, 4) is 0 Å². The van der Waals surface area contributed by atoms with E-state index in [1.54, 1.807) is 31.2 Å². The highest BCUT2D eigenvalue weighted by atomic mass is 32.2. The van der Waals surface area contributed by atoms with Gasteiger partial charge in [-0.15, -0.1) is 0 Å². The number of hydrogen-bond acceptors (Lipinski definition) is 4. The van der Waals surface area contributed by atoms with Gasteiger partial charge in [-0.3, -0.25) is 18.8 Å². The first-order chi connectivity index (χ1) is 15.2. The summed E-state index contributed by atoms with van der Waals surface area (Å²) in [6, 6.07) is 12.6. The second-order valence-electron chi connectivity index (χ2n) is 8.87. The fourth-order valence-electron chi connectivity index (χ4n) is 4.98. The summed E-state index contributed by atoms with van der Waals surface area (Å²) in [5.74, 6) is -0.636. The molecule has 2 amide bonds. The lowest BCUT2D eigenvalue weighted by Crippen LogP contribution is -2.32. The summed E-state index contributed by atoms with van der Waals surface area (Å²) in [5.41, 5.74) is 2.88. The van der Waals surface area contributed by atoms with Crippen LogP contribution in [0.25, 0.3) is 0 Å². The van der Waals surface area contributed by atoms with E-state index in [-0.39, 0.29) is 35.1 Å². The van der Waals surface area contributed by atoms with Crippen LogP contribution < -0.4 is 4.31 Å². The monoisotopic (exact) mass is 454 g/mol. The molecule has 2 atom stereocenters. The minimum atomic E-state index is -3.81. The number of amides is 2. The number of benzene rings is 2. The highest BCUT2D eigenvalue weighted by Gasteiger charge is 2.47. The molecule has 0 radical (unpaired) electrons. The van der Waals surface area contributed by atoms with Crippen molar-refractivity contribution in [3.63, 3.8) is 0 Å². The Bertz CT molecular complexity index is 1130. The van der Waals surface area contributed by atoms with E-state index in [1.807, 2.05) is 32.0 Å². The quantitative estimate of drug-likeness (QED) is 0.614. The number of carbonyl (C=O) groups is 2. The standard InChI is InChI=1S/C25H30N2O4S/c1-4-27(20-9-7-8-17(2)14-20)32(30,31)23-15-19(13-12-18(23)3)16-26-24(28)21-10-5-6-11-22(21)25(26)29/h7-9,12-15,21-22H,4-6,10-11,16H2,1-3H3/t21-,22-/m1/s1. The fraction of sp³-hybridized carbons (Fsp3) is 0.440. The molecule has 1 saturated heterocycles. The van der Waals surface area contributed by atoms with Crippen LogP contribution in [0.3, 0.4) is 0 Å². The molecular formula is C25H30N2O4S. The first kappa shape index (κ1) is 22.5. The van der Waals surface area contributed by atoms with Crippen molar-refractivity contribution in [2.75, 3.05) is 10.8 Å². The normalized spacial score (nSPS) is 21.0. The predicted molar refractivity (Wildman–Crippen MR) is 124 cm³/mol. The van der Waals surface area contributed by atoms with Crippen molar-refractivity contribution in [1.29, 1.82) is 0 Å². The van der Waals surface area contributed by atoms with Crippen LogP contribution in [0.5, 0.6) is 0 Å². The number of nitrogens with zero attached hydrogens (tertiary/aromatic N) is 2. The molecular weight excluding hydrogens is 424 g/mol. The molecule has 170 valence electrons. The van der Waals surface area contributed by atoms with Crippen molar-refractivity contribution in [1.82, 2.24) is 4.90 Å². The van der Waals surface area contributed by atoms with Gasteiger partial charge in [0.05, 0.1) is 29.0 Å². The number of imide groups is 1. The third-order valence-electron chi connectivity index (χ3n) is 6.67. The van der Waals surface area contributed by atoms with Crippen molar-refractivity contribution in [2.24, 2.45) is 11.8 Å². The van der Waals surface area contributed by atoms with E-state index >= 15 is 0 Å². The summed E-state index contributed by atoms with van der Waals surface area (Å²) in [6.07, 6.45) is 3.49. The molecule has 2 fully saturated rings. The zero-order valence-corrected chi connectivity index (χ0v) is 19.7. The highest BCUT2D eigenvalue weighted by Crippen LogP contribution is 2.39. The molecule has 7 heteroatoms. The number of hydrogen-bond donors (Lipinski definition) is 0. The maximum absolute atomic E-state index is 13.6. The Morgan fingerprint density at radius 3 is 2.22 bits per heavy atom. The average molecular weight is 455 g/mol. The maximum Gasteiger partial charge on any atom is 0.264 e. The Hall–Kier alpha value is -2.67. The van der Waals surface area contributed by atoms with Crippen LogP contribution in [0.2, 0.25) is 0 Å². The molecule has 1 aliphatic carbocycles. The third-order valence-corrected chi connectivity index (χ3v) is 8.72. The van der Waals surface area contributed by atoms with Crippen molar-refractivity contribution >= 4 is 27.5 Å². The van der Waals surface area contributed by atoms with E-state index in [0.717, 1.165) is 31.2 Å². The minimum Gasteiger partial charge on any atom is -0.278 e. The smallest absolute Gasteiger partial charge is 0.264 e. The van der Waals surface area contributed by atoms with Crippen molar-refractivity contribution < 1.29 is 18.0 Å². The van der Waals surface area contributed by atoms with E-state index in [9.17, 15) is 18.0 Å². The summed E-state index contributed by atoms with van der Waals surface area (Å²) >= 11 is 0. The number of aryl methyl sites for hydroxylation is 2. The molecule has 2 aromatic carbocycles. The number of likely N-dealkylation sites (tertiary alicyclic amines) is 1. The molecule has 4 rings (SSSR count). The molecule has 2 aromatic rings. The SMILES string of the molecule is CCN(c1cccc(C)c1)S(=O)(=O)c1cc(CN2C(=O)[C@@H]3CCCC[C@H]3C2=O)ccc1C. The van der Waals surface area contributed by atoms with Crippen LogP contribution >= 0.6 is 0 Å². The zero-order chi connectivity index (χ0) is 23.0. The molecule has 32 heavy (non-hydrogen) atoms. The average Bonchev–Trinajstić information content (AvgIpc) is 3.00. The largest absolute Gasteiger partial charge is 0.278 e. The van der Waals surface area contributed by atoms with Crippen LogP contribution in [-0.2, 0) is 26.2 Å². The van der Waals surface area contributed by atoms with Crippen LogP contribution in [0, 0.1) is 25.7 Å². The van der Waals surface area contributed by atoms with Crippen LogP contribution in [0.1, 0.15) is 49.3 Å². The van der Waals surface area contributed by atoms with Gasteiger partial charge in [0.1, 0.15) is 0 Å². The zero-order valence-electron chi connectivity index (χ0n) is 18.9. The minimum absolute atomic E-state index is 0.111. The Morgan fingerprint density at radius 2 is 1.62 bits per heavy atom. The van der Waals surface area contributed by atoms with E-state index in [0.29, 0.717) is 23.4 Å². The lowest BCUT2D eigenvalue weighted by atomic mass is 9.81. The highest BCUT2D eigenvalue weighted by molar-refractivity contribution is 7.92. The fourth-order valence-corrected chi connectivity index (χ4v) is 6.73. The molecule has 2 aliphatic rings. The van der Waals surface area contributed by atoms with Gasteiger partial charge >= 0.3 is 0 Å². The second kappa shape index (κ2) is 8.70. The molecule has 0 N–H and O–H groups in total. The number of sulfonamides is 1. The molecule has 6 nitrogen and oxygen atoms in total. The lowest BCUT2D eigenvalue weighted by Gasteiger charge is -2.25. The van der Waals surface area contributed by atoms with Gasteiger partial charge in [-0.05, 0) is 68.5 Å². The number of fused-ring (bicyclic) bond motifs is 1. The molecule has 0 aromatic heterocycles. The first-order valence-electron chi connectivity index (χ1n) is 11.3. The number of rotatable bonds is 6. The molecule has 0 bridgehead atoms. The number of carbonyl (C=O) groups excluding carboxylic acids is 2. The molecule has 1 saturated carbocycles. The number of anilines is 1.